The number of thiazole rings is 1. The molecule has 0 aliphatic heterocycles. The van der Waals surface area contributed by atoms with Crippen molar-refractivity contribution in [3.05, 3.63) is 34.4 Å². The second-order valence-corrected chi connectivity index (χ2v) is 5.44. The van der Waals surface area contributed by atoms with Crippen molar-refractivity contribution < 1.29 is 31.5 Å². The van der Waals surface area contributed by atoms with E-state index in [2.05, 4.69) is 9.97 Å². The molecule has 2 aromatic rings. The van der Waals surface area contributed by atoms with Crippen LogP contribution >= 0.6 is 11.3 Å². The molecule has 130 valence electrons. The highest BCUT2D eigenvalue weighted by molar-refractivity contribution is 7.11. The van der Waals surface area contributed by atoms with Crippen LogP contribution in [0.5, 0.6) is 5.75 Å². The lowest BCUT2D eigenvalue weighted by Gasteiger charge is -2.18. The number of nitrogens with zero attached hydrogens (tertiary/aromatic N) is 2. The van der Waals surface area contributed by atoms with E-state index >= 15 is 0 Å². The lowest BCUT2D eigenvalue weighted by atomic mass is 10.2. The number of alkyl halides is 5. The number of halogens is 5. The van der Waals surface area contributed by atoms with Gasteiger partial charge in [0.25, 0.3) is 6.43 Å². The fraction of sp³-hybridized carbons (Fsp3) is 0.308. The molecule has 5 nitrogen and oxygen atoms in total. The van der Waals surface area contributed by atoms with Crippen LogP contribution in [0.4, 0.5) is 27.8 Å². The highest BCUT2D eigenvalue weighted by atomic mass is 32.1. The van der Waals surface area contributed by atoms with Crippen LogP contribution in [0, 0.1) is 0 Å². The third-order valence-electron chi connectivity index (χ3n) is 2.80. The summed E-state index contributed by atoms with van der Waals surface area (Å²) in [6.45, 7) is 0.820. The molecule has 0 bridgehead atoms. The molecule has 0 aliphatic rings. The minimum atomic E-state index is -4.57. The third-order valence-corrected chi connectivity index (χ3v) is 3.55. The van der Waals surface area contributed by atoms with E-state index in [1.807, 2.05) is 5.32 Å². The summed E-state index contributed by atoms with van der Waals surface area (Å²) in [5.74, 6) is -1.92. The molecule has 0 saturated carbocycles. The van der Waals surface area contributed by atoms with E-state index in [0.29, 0.717) is 6.07 Å². The van der Waals surface area contributed by atoms with E-state index in [1.165, 1.54) is 11.6 Å². The van der Waals surface area contributed by atoms with E-state index in [1.54, 1.807) is 0 Å². The highest BCUT2D eigenvalue weighted by Crippen LogP contribution is 2.32. The Morgan fingerprint density at radius 1 is 1.33 bits per heavy atom. The van der Waals surface area contributed by atoms with Gasteiger partial charge in [0, 0.05) is 11.6 Å². The van der Waals surface area contributed by atoms with Crippen LogP contribution in [-0.4, -0.2) is 28.2 Å². The first-order chi connectivity index (χ1) is 11.2. The van der Waals surface area contributed by atoms with Gasteiger partial charge < -0.3 is 10.1 Å². The molecule has 1 N–H and O–H groups in total. The number of carbonyl (C=O) groups excluding carboxylic acids is 1. The zero-order valence-corrected chi connectivity index (χ0v) is 12.8. The van der Waals surface area contributed by atoms with Crippen molar-refractivity contribution in [2.45, 2.75) is 25.6 Å². The summed E-state index contributed by atoms with van der Waals surface area (Å²) < 4.78 is 68.4. The zero-order chi connectivity index (χ0) is 17.9. The van der Waals surface area contributed by atoms with Gasteiger partial charge in [-0.3, -0.25) is 0 Å². The summed E-state index contributed by atoms with van der Waals surface area (Å²) in [6, 6.07) is -1.28. The van der Waals surface area contributed by atoms with Gasteiger partial charge >= 0.3 is 12.1 Å². The monoisotopic (exact) mass is 367 g/mol. The first-order valence-electron chi connectivity index (χ1n) is 6.41. The Morgan fingerprint density at radius 3 is 2.58 bits per heavy atom. The van der Waals surface area contributed by atoms with Gasteiger partial charge in [-0.25, -0.2) is 23.5 Å². The van der Waals surface area contributed by atoms with Gasteiger partial charge in [0.2, 0.25) is 5.01 Å². The number of hydrogen-bond acceptors (Lipinski definition) is 6. The van der Waals surface area contributed by atoms with E-state index in [0.717, 1.165) is 24.5 Å². The normalized spacial score (nSPS) is 13.0. The number of hydrogen-bond donors (Lipinski definition) is 1. The third kappa shape index (κ3) is 4.37. The summed E-state index contributed by atoms with van der Waals surface area (Å²) in [4.78, 5) is 19.0. The number of pyridine rings is 1. The predicted octanol–water partition coefficient (Wildman–Crippen LogP) is 4.06. The minimum Gasteiger partial charge on any atom is -0.419 e. The van der Waals surface area contributed by atoms with Crippen LogP contribution < -0.4 is 10.1 Å². The maximum Gasteiger partial charge on any atom is 0.408 e. The summed E-state index contributed by atoms with van der Waals surface area (Å²) in [7, 11) is 0. The van der Waals surface area contributed by atoms with Crippen LogP contribution in [0.25, 0.3) is 0 Å². The number of anilines is 1. The first-order valence-corrected chi connectivity index (χ1v) is 7.29. The smallest absolute Gasteiger partial charge is 0.408 e. The second kappa shape index (κ2) is 7.07. The van der Waals surface area contributed by atoms with Crippen molar-refractivity contribution in [1.82, 2.24) is 9.97 Å². The molecule has 2 rings (SSSR count). The zero-order valence-electron chi connectivity index (χ0n) is 12.0. The van der Waals surface area contributed by atoms with Crippen LogP contribution in [0.15, 0.2) is 23.8 Å². The topological polar surface area (TPSA) is 64.1 Å². The summed E-state index contributed by atoms with van der Waals surface area (Å²) in [5.41, 5.74) is -0.758. The maximum absolute atomic E-state index is 13.1. The lowest BCUT2D eigenvalue weighted by molar-refractivity contribution is -0.138. The largest absolute Gasteiger partial charge is 0.419 e. The molecule has 0 aliphatic carbocycles. The van der Waals surface area contributed by atoms with Crippen molar-refractivity contribution in [1.29, 1.82) is 0 Å². The molecule has 24 heavy (non-hydrogen) atoms. The van der Waals surface area contributed by atoms with E-state index in [9.17, 15) is 26.7 Å². The molecule has 0 saturated heterocycles. The molecular formula is C13H10F5N3O2S. The van der Waals surface area contributed by atoms with E-state index in [-0.39, 0.29) is 5.01 Å². The number of nitrogens with one attached hydrogen (secondary N) is 1. The number of carbonyl (C=O) groups is 1. The summed E-state index contributed by atoms with van der Waals surface area (Å²) in [6.07, 6.45) is -5.55. The molecular weight excluding hydrogens is 357 g/mol. The molecule has 0 amide bonds. The number of ether oxygens (including phenoxy) is 1. The molecule has 2 aromatic heterocycles. The van der Waals surface area contributed by atoms with Gasteiger partial charge in [0.15, 0.2) is 5.75 Å². The molecule has 2 heterocycles. The Labute approximate surface area is 136 Å². The van der Waals surface area contributed by atoms with Crippen LogP contribution in [0.1, 0.15) is 28.7 Å². The van der Waals surface area contributed by atoms with Crippen molar-refractivity contribution >= 4 is 23.1 Å². The quantitative estimate of drug-likeness (QED) is 0.638. The van der Waals surface area contributed by atoms with Crippen LogP contribution in [0.3, 0.4) is 0 Å². The van der Waals surface area contributed by atoms with E-state index in [4.69, 9.17) is 4.74 Å². The van der Waals surface area contributed by atoms with Gasteiger partial charge in [-0.15, -0.1) is 11.3 Å². The highest BCUT2D eigenvalue weighted by Gasteiger charge is 2.36. The molecule has 0 aromatic carbocycles. The molecule has 0 radical (unpaired) electrons. The van der Waals surface area contributed by atoms with E-state index < -0.39 is 41.7 Å². The SMILES string of the molecule is C[C@H](Nc1cc(C(F)F)c(OC(=O)c2nccs2)cn1)C(F)(F)F. The Morgan fingerprint density at radius 2 is 2.04 bits per heavy atom. The standard InChI is InChI=1S/C13H10F5N3O2S/c1-6(13(16,17)18)21-9-4-7(10(14)15)8(5-20-9)23-12(22)11-19-2-3-24-11/h2-6,10H,1H3,(H,20,21)/t6-/m0/s1. The molecule has 0 fully saturated rings. The number of rotatable bonds is 5. The second-order valence-electron chi connectivity index (χ2n) is 4.54. The fourth-order valence-electron chi connectivity index (χ4n) is 1.56. The molecule has 1 atom stereocenters. The van der Waals surface area contributed by atoms with Crippen molar-refractivity contribution in [2.24, 2.45) is 0 Å². The molecule has 11 heteroatoms. The van der Waals surface area contributed by atoms with Crippen LogP contribution in [-0.2, 0) is 0 Å². The average Bonchev–Trinajstić information content (AvgIpc) is 3.01. The first kappa shape index (κ1) is 18.0. The Hall–Kier alpha value is -2.30. The van der Waals surface area contributed by atoms with Crippen molar-refractivity contribution in [3.63, 3.8) is 0 Å². The number of aromatic nitrogens is 2. The lowest BCUT2D eigenvalue weighted by Crippen LogP contribution is -2.33. The van der Waals surface area contributed by atoms with Gasteiger partial charge in [-0.2, -0.15) is 13.2 Å². The Bertz CT molecular complexity index is 706. The van der Waals surface area contributed by atoms with Crippen LogP contribution in [0.2, 0.25) is 0 Å². The average molecular weight is 367 g/mol. The Balaban J connectivity index is 2.22. The summed E-state index contributed by atoms with van der Waals surface area (Å²) >= 11 is 0.948. The Kier molecular flexibility index (Phi) is 5.32. The van der Waals surface area contributed by atoms with Gasteiger partial charge in [-0.05, 0) is 13.0 Å². The van der Waals surface area contributed by atoms with Crippen molar-refractivity contribution in [3.8, 4) is 5.75 Å². The van der Waals surface area contributed by atoms with Crippen molar-refractivity contribution in [2.75, 3.05) is 5.32 Å². The number of esters is 1. The summed E-state index contributed by atoms with van der Waals surface area (Å²) in [5, 5.41) is 3.41. The maximum atomic E-state index is 13.1. The molecule has 0 spiro atoms. The van der Waals surface area contributed by atoms with Gasteiger partial charge in [0.05, 0.1) is 11.8 Å². The molecule has 0 unspecified atom stereocenters. The minimum absolute atomic E-state index is 0.0527. The van der Waals surface area contributed by atoms with Gasteiger partial charge in [0.1, 0.15) is 11.9 Å². The fourth-order valence-corrected chi connectivity index (χ4v) is 2.07. The van der Waals surface area contributed by atoms with Gasteiger partial charge in [-0.1, -0.05) is 0 Å². The predicted molar refractivity (Wildman–Crippen MR) is 75.4 cm³/mol.